The second-order valence-electron chi connectivity index (χ2n) is 8.78. The van der Waals surface area contributed by atoms with Crippen LogP contribution in [0, 0.1) is 11.7 Å². The Balaban J connectivity index is 1.94. The quantitative estimate of drug-likeness (QED) is 0.788. The molecule has 0 aromatic heterocycles. The van der Waals surface area contributed by atoms with Crippen molar-refractivity contribution in [2.75, 3.05) is 19.7 Å². The molecule has 0 aliphatic carbocycles. The van der Waals surface area contributed by atoms with E-state index in [1.54, 1.807) is 11.0 Å². The van der Waals surface area contributed by atoms with Crippen molar-refractivity contribution in [3.63, 3.8) is 0 Å². The second-order valence-corrected chi connectivity index (χ2v) is 8.78. The van der Waals surface area contributed by atoms with Gasteiger partial charge in [0.1, 0.15) is 17.2 Å². The predicted octanol–water partition coefficient (Wildman–Crippen LogP) is 4.76. The van der Waals surface area contributed by atoms with Crippen molar-refractivity contribution < 1.29 is 18.7 Å². The molecule has 1 aromatic carbocycles. The average Bonchev–Trinajstić information content (AvgIpc) is 2.92. The van der Waals surface area contributed by atoms with Gasteiger partial charge in [-0.3, -0.25) is 0 Å². The van der Waals surface area contributed by atoms with Gasteiger partial charge in [-0.25, -0.2) is 9.18 Å². The van der Waals surface area contributed by atoms with Gasteiger partial charge in [-0.2, -0.15) is 0 Å². The lowest BCUT2D eigenvalue weighted by Gasteiger charge is -2.25. The second kappa shape index (κ2) is 7.22. The van der Waals surface area contributed by atoms with Crippen molar-refractivity contribution in [1.82, 2.24) is 4.90 Å². The Hall–Kier alpha value is -1.78. The lowest BCUT2D eigenvalue weighted by molar-refractivity contribution is 0.0284. The highest BCUT2D eigenvalue weighted by Crippen LogP contribution is 2.32. The van der Waals surface area contributed by atoms with Crippen LogP contribution in [-0.4, -0.2) is 36.3 Å². The maximum atomic E-state index is 13.6. The van der Waals surface area contributed by atoms with Gasteiger partial charge in [-0.05, 0) is 50.8 Å². The highest BCUT2D eigenvalue weighted by molar-refractivity contribution is 5.68. The number of halogens is 1. The van der Waals surface area contributed by atoms with Crippen LogP contribution in [0.4, 0.5) is 9.18 Å². The van der Waals surface area contributed by atoms with E-state index in [9.17, 15) is 9.18 Å². The first-order chi connectivity index (χ1) is 11.5. The Morgan fingerprint density at radius 2 is 1.92 bits per heavy atom. The van der Waals surface area contributed by atoms with E-state index in [0.29, 0.717) is 25.4 Å². The molecule has 0 N–H and O–H groups in total. The number of nitrogens with zero attached hydrogens (tertiary/aromatic N) is 1. The molecule has 0 radical (unpaired) electrons. The summed E-state index contributed by atoms with van der Waals surface area (Å²) in [4.78, 5) is 13.9. The Bertz CT molecular complexity index is 616. The van der Waals surface area contributed by atoms with Crippen LogP contribution in [0.3, 0.4) is 0 Å². The van der Waals surface area contributed by atoms with Gasteiger partial charge in [0.15, 0.2) is 0 Å². The first kappa shape index (κ1) is 19.5. The third-order valence-corrected chi connectivity index (χ3v) is 4.16. The van der Waals surface area contributed by atoms with Gasteiger partial charge in [0, 0.05) is 24.6 Å². The molecule has 1 aromatic rings. The molecule has 140 valence electrons. The van der Waals surface area contributed by atoms with Gasteiger partial charge in [0.05, 0.1) is 6.61 Å². The summed E-state index contributed by atoms with van der Waals surface area (Å²) in [5.74, 6) is 0.712. The van der Waals surface area contributed by atoms with Crippen LogP contribution in [0.5, 0.6) is 5.75 Å². The number of hydrogen-bond acceptors (Lipinski definition) is 3. The molecule has 1 unspecified atom stereocenters. The van der Waals surface area contributed by atoms with Crippen LogP contribution in [-0.2, 0) is 10.2 Å². The Labute approximate surface area is 150 Å². The molecule has 5 heteroatoms. The zero-order valence-corrected chi connectivity index (χ0v) is 16.2. The van der Waals surface area contributed by atoms with E-state index in [-0.39, 0.29) is 23.2 Å². The van der Waals surface area contributed by atoms with Crippen molar-refractivity contribution in [3.8, 4) is 5.75 Å². The van der Waals surface area contributed by atoms with E-state index in [0.717, 1.165) is 12.0 Å². The maximum absolute atomic E-state index is 13.6. The molecule has 2 rings (SSSR count). The number of carbonyl (C=O) groups excluding carboxylic acids is 1. The van der Waals surface area contributed by atoms with Crippen molar-refractivity contribution in [2.24, 2.45) is 5.92 Å². The molecular formula is C20H30FNO3. The normalized spacial score (nSPS) is 18.4. The Morgan fingerprint density at radius 3 is 2.52 bits per heavy atom. The number of carbonyl (C=O) groups is 1. The molecule has 0 bridgehead atoms. The van der Waals surface area contributed by atoms with E-state index in [1.807, 2.05) is 41.5 Å². The summed E-state index contributed by atoms with van der Waals surface area (Å²) in [6.45, 7) is 13.5. The largest absolute Gasteiger partial charge is 0.493 e. The van der Waals surface area contributed by atoms with Gasteiger partial charge >= 0.3 is 6.09 Å². The van der Waals surface area contributed by atoms with Crippen LogP contribution >= 0.6 is 0 Å². The van der Waals surface area contributed by atoms with Crippen LogP contribution < -0.4 is 4.74 Å². The van der Waals surface area contributed by atoms with Gasteiger partial charge < -0.3 is 14.4 Å². The summed E-state index contributed by atoms with van der Waals surface area (Å²) in [6.07, 6.45) is 0.609. The number of hydrogen-bond donors (Lipinski definition) is 0. The number of benzene rings is 1. The minimum atomic E-state index is -0.485. The molecule has 0 saturated carbocycles. The third-order valence-electron chi connectivity index (χ3n) is 4.16. The number of amides is 1. The van der Waals surface area contributed by atoms with E-state index < -0.39 is 5.60 Å². The number of rotatable bonds is 3. The molecule has 25 heavy (non-hydrogen) atoms. The maximum Gasteiger partial charge on any atom is 0.410 e. The average molecular weight is 351 g/mol. The summed E-state index contributed by atoms with van der Waals surface area (Å²) in [5.41, 5.74) is 0.173. The van der Waals surface area contributed by atoms with Crippen LogP contribution in [0.25, 0.3) is 0 Å². The van der Waals surface area contributed by atoms with Gasteiger partial charge in [-0.15, -0.1) is 0 Å². The minimum absolute atomic E-state index is 0.199. The molecule has 1 aliphatic rings. The molecule has 4 nitrogen and oxygen atoms in total. The zero-order valence-electron chi connectivity index (χ0n) is 16.2. The molecule has 1 amide bonds. The first-order valence-corrected chi connectivity index (χ1v) is 8.86. The Kier molecular flexibility index (Phi) is 5.65. The molecular weight excluding hydrogens is 321 g/mol. The van der Waals surface area contributed by atoms with Crippen LogP contribution in [0.1, 0.15) is 53.5 Å². The fraction of sp³-hybridized carbons (Fsp3) is 0.650. The smallest absolute Gasteiger partial charge is 0.410 e. The first-order valence-electron chi connectivity index (χ1n) is 8.86. The molecule has 0 spiro atoms. The Morgan fingerprint density at radius 1 is 1.24 bits per heavy atom. The van der Waals surface area contributed by atoms with Crippen molar-refractivity contribution >= 4 is 6.09 Å². The van der Waals surface area contributed by atoms with E-state index in [4.69, 9.17) is 9.47 Å². The lowest BCUT2D eigenvalue weighted by atomic mass is 9.86. The van der Waals surface area contributed by atoms with Crippen molar-refractivity contribution in [2.45, 2.75) is 59.0 Å². The van der Waals surface area contributed by atoms with Gasteiger partial charge in [0.2, 0.25) is 0 Å². The summed E-state index contributed by atoms with van der Waals surface area (Å²) in [5, 5.41) is 0. The van der Waals surface area contributed by atoms with Crippen molar-refractivity contribution in [3.05, 3.63) is 29.6 Å². The third kappa shape index (κ3) is 5.62. The topological polar surface area (TPSA) is 38.8 Å². The molecule has 1 heterocycles. The fourth-order valence-electron chi connectivity index (χ4n) is 2.88. The fourth-order valence-corrected chi connectivity index (χ4v) is 2.88. The zero-order chi connectivity index (χ0) is 18.8. The lowest BCUT2D eigenvalue weighted by Crippen LogP contribution is -2.35. The van der Waals surface area contributed by atoms with Crippen LogP contribution in [0.2, 0.25) is 0 Å². The van der Waals surface area contributed by atoms with Gasteiger partial charge in [0.25, 0.3) is 0 Å². The SMILES string of the molecule is CC(C)(C)OC(=O)N1CCC(COc2ccc(F)cc2C(C)(C)C)C1. The van der Waals surface area contributed by atoms with Crippen LogP contribution in [0.15, 0.2) is 18.2 Å². The summed E-state index contributed by atoms with van der Waals surface area (Å²) in [6, 6.07) is 4.65. The molecule has 1 fully saturated rings. The molecule has 1 aliphatic heterocycles. The standard InChI is InChI=1S/C20H30FNO3/c1-19(2,3)16-11-15(21)7-8-17(16)24-13-14-9-10-22(12-14)18(23)25-20(4,5)6/h7-8,11,14H,9-10,12-13H2,1-6H3. The highest BCUT2D eigenvalue weighted by atomic mass is 19.1. The predicted molar refractivity (Wildman–Crippen MR) is 96.5 cm³/mol. The minimum Gasteiger partial charge on any atom is -0.493 e. The monoisotopic (exact) mass is 351 g/mol. The molecule has 1 saturated heterocycles. The van der Waals surface area contributed by atoms with E-state index in [1.165, 1.54) is 12.1 Å². The summed E-state index contributed by atoms with van der Waals surface area (Å²) in [7, 11) is 0. The highest BCUT2D eigenvalue weighted by Gasteiger charge is 2.30. The summed E-state index contributed by atoms with van der Waals surface area (Å²) >= 11 is 0. The van der Waals surface area contributed by atoms with Gasteiger partial charge in [-0.1, -0.05) is 20.8 Å². The molecule has 1 atom stereocenters. The summed E-state index contributed by atoms with van der Waals surface area (Å²) < 4.78 is 25.0. The number of ether oxygens (including phenoxy) is 2. The van der Waals surface area contributed by atoms with E-state index >= 15 is 0 Å². The van der Waals surface area contributed by atoms with E-state index in [2.05, 4.69) is 0 Å². The number of likely N-dealkylation sites (tertiary alicyclic amines) is 1. The van der Waals surface area contributed by atoms with Crippen molar-refractivity contribution in [1.29, 1.82) is 0 Å².